The number of hydrogen-bond donors (Lipinski definition) is 3. The first-order chi connectivity index (χ1) is 14.0. The summed E-state index contributed by atoms with van der Waals surface area (Å²) in [6, 6.07) is 8.95. The third-order valence-electron chi connectivity index (χ3n) is 4.81. The van der Waals surface area contributed by atoms with Crippen LogP contribution < -0.4 is 16.0 Å². The molecule has 1 aromatic carbocycles. The molecule has 154 valence electrons. The molecule has 0 aliphatic carbocycles. The van der Waals surface area contributed by atoms with Crippen LogP contribution in [0.25, 0.3) is 0 Å². The zero-order valence-electron chi connectivity index (χ0n) is 16.5. The van der Waals surface area contributed by atoms with E-state index in [0.717, 1.165) is 37.9 Å². The fourth-order valence-corrected chi connectivity index (χ4v) is 4.03. The monoisotopic (exact) mass is 414 g/mol. The summed E-state index contributed by atoms with van der Waals surface area (Å²) in [5, 5.41) is 9.97. The van der Waals surface area contributed by atoms with E-state index in [1.807, 2.05) is 41.5 Å². The molecule has 7 nitrogen and oxygen atoms in total. The summed E-state index contributed by atoms with van der Waals surface area (Å²) in [5.41, 5.74) is 2.05. The average Bonchev–Trinajstić information content (AvgIpc) is 3.40. The van der Waals surface area contributed by atoms with Crippen molar-refractivity contribution in [3.8, 4) is 0 Å². The maximum Gasteiger partial charge on any atom is 0.321 e. The number of carbonyl (C=O) groups excluding carboxylic acids is 3. The topological polar surface area (TPSA) is 90.5 Å². The Morgan fingerprint density at radius 3 is 2.62 bits per heavy atom. The third-order valence-corrected chi connectivity index (χ3v) is 5.75. The van der Waals surface area contributed by atoms with Crippen LogP contribution in [0.15, 0.2) is 35.7 Å². The summed E-state index contributed by atoms with van der Waals surface area (Å²) in [5.74, 6) is -0.477. The van der Waals surface area contributed by atoms with Gasteiger partial charge >= 0.3 is 6.03 Å². The van der Waals surface area contributed by atoms with Crippen molar-refractivity contribution in [2.24, 2.45) is 0 Å². The minimum Gasteiger partial charge on any atom is -0.375 e. The molecule has 1 aliphatic rings. The Labute approximate surface area is 174 Å². The smallest absolute Gasteiger partial charge is 0.321 e. The highest BCUT2D eigenvalue weighted by molar-refractivity contribution is 7.09. The van der Waals surface area contributed by atoms with E-state index in [-0.39, 0.29) is 12.5 Å². The zero-order valence-corrected chi connectivity index (χ0v) is 17.3. The largest absolute Gasteiger partial charge is 0.375 e. The molecule has 8 heteroatoms. The summed E-state index contributed by atoms with van der Waals surface area (Å²) in [6.45, 7) is 3.77. The molecular weight excluding hydrogens is 388 g/mol. The number of urea groups is 1. The van der Waals surface area contributed by atoms with Gasteiger partial charge < -0.3 is 15.5 Å². The number of hydrogen-bond acceptors (Lipinski definition) is 5. The van der Waals surface area contributed by atoms with E-state index < -0.39 is 11.9 Å². The van der Waals surface area contributed by atoms with E-state index in [4.69, 9.17) is 0 Å². The van der Waals surface area contributed by atoms with Crippen molar-refractivity contribution in [3.63, 3.8) is 0 Å². The van der Waals surface area contributed by atoms with E-state index in [0.29, 0.717) is 17.8 Å². The van der Waals surface area contributed by atoms with E-state index in [9.17, 15) is 14.4 Å². The number of rotatable bonds is 7. The molecule has 3 rings (SSSR count). The first-order valence-corrected chi connectivity index (χ1v) is 10.7. The average molecular weight is 415 g/mol. The van der Waals surface area contributed by atoms with Gasteiger partial charge in [-0.1, -0.05) is 18.2 Å². The van der Waals surface area contributed by atoms with Gasteiger partial charge in [-0.3, -0.25) is 14.9 Å². The molecule has 0 unspecified atom stereocenters. The second-order valence-electron chi connectivity index (χ2n) is 6.98. The van der Waals surface area contributed by atoms with Gasteiger partial charge in [0.25, 0.3) is 5.91 Å². The van der Waals surface area contributed by atoms with Gasteiger partial charge in [0, 0.05) is 30.2 Å². The van der Waals surface area contributed by atoms with Crippen molar-refractivity contribution in [1.82, 2.24) is 15.5 Å². The fraction of sp³-hybridized carbons (Fsp3) is 0.381. The van der Waals surface area contributed by atoms with Gasteiger partial charge in [0.05, 0.1) is 12.1 Å². The first kappa shape index (κ1) is 20.9. The SMILES string of the molecule is Cc1cccc(NCC(=O)NC(=O)NCCc2cccs2)c1C(=O)N1CCCC1. The van der Waals surface area contributed by atoms with Crippen LogP contribution in [0.2, 0.25) is 0 Å². The normalized spacial score (nSPS) is 13.2. The van der Waals surface area contributed by atoms with Crippen LogP contribution in [0.1, 0.15) is 33.6 Å². The van der Waals surface area contributed by atoms with Gasteiger partial charge in [-0.25, -0.2) is 4.79 Å². The van der Waals surface area contributed by atoms with Crippen LogP contribution >= 0.6 is 11.3 Å². The van der Waals surface area contributed by atoms with Crippen molar-refractivity contribution >= 4 is 34.9 Å². The molecule has 0 atom stereocenters. The maximum absolute atomic E-state index is 12.8. The van der Waals surface area contributed by atoms with Gasteiger partial charge in [-0.15, -0.1) is 11.3 Å². The lowest BCUT2D eigenvalue weighted by atomic mass is 10.0. The van der Waals surface area contributed by atoms with Crippen LogP contribution in [0, 0.1) is 6.92 Å². The minimum atomic E-state index is -0.522. The van der Waals surface area contributed by atoms with Gasteiger partial charge in [0.2, 0.25) is 5.91 Å². The number of anilines is 1. The lowest BCUT2D eigenvalue weighted by Crippen LogP contribution is -2.42. The Morgan fingerprint density at radius 2 is 1.90 bits per heavy atom. The van der Waals surface area contributed by atoms with Crippen molar-refractivity contribution in [3.05, 3.63) is 51.7 Å². The van der Waals surface area contributed by atoms with E-state index >= 15 is 0 Å². The van der Waals surface area contributed by atoms with Crippen molar-refractivity contribution in [2.75, 3.05) is 31.5 Å². The van der Waals surface area contributed by atoms with Crippen molar-refractivity contribution in [2.45, 2.75) is 26.2 Å². The molecule has 1 aromatic heterocycles. The molecular formula is C21H26N4O3S. The van der Waals surface area contributed by atoms with Gasteiger partial charge in [0.15, 0.2) is 0 Å². The number of carbonyl (C=O) groups is 3. The number of aryl methyl sites for hydroxylation is 1. The molecule has 0 radical (unpaired) electrons. The molecule has 1 saturated heterocycles. The highest BCUT2D eigenvalue weighted by atomic mass is 32.1. The van der Waals surface area contributed by atoms with E-state index in [1.54, 1.807) is 17.4 Å². The number of imide groups is 1. The molecule has 1 aliphatic heterocycles. The van der Waals surface area contributed by atoms with Gasteiger partial charge in [0.1, 0.15) is 0 Å². The summed E-state index contributed by atoms with van der Waals surface area (Å²) < 4.78 is 0. The Kier molecular flexibility index (Phi) is 7.24. The summed E-state index contributed by atoms with van der Waals surface area (Å²) in [6.07, 6.45) is 2.76. The molecule has 2 heterocycles. The van der Waals surface area contributed by atoms with E-state index in [2.05, 4.69) is 16.0 Å². The summed E-state index contributed by atoms with van der Waals surface area (Å²) in [4.78, 5) is 39.8. The van der Waals surface area contributed by atoms with Crippen LogP contribution in [-0.2, 0) is 11.2 Å². The molecule has 0 bridgehead atoms. The number of likely N-dealkylation sites (tertiary alicyclic amines) is 1. The molecule has 3 N–H and O–H groups in total. The van der Waals surface area contributed by atoms with Crippen molar-refractivity contribution < 1.29 is 14.4 Å². The van der Waals surface area contributed by atoms with Gasteiger partial charge in [-0.05, 0) is 49.3 Å². The molecule has 4 amide bonds. The van der Waals surface area contributed by atoms with Gasteiger partial charge in [-0.2, -0.15) is 0 Å². The van der Waals surface area contributed by atoms with Crippen molar-refractivity contribution in [1.29, 1.82) is 0 Å². The van der Waals surface area contributed by atoms with Crippen LogP contribution in [0.3, 0.4) is 0 Å². The zero-order chi connectivity index (χ0) is 20.6. The molecule has 0 saturated carbocycles. The lowest BCUT2D eigenvalue weighted by molar-refractivity contribution is -0.118. The number of amides is 4. The Morgan fingerprint density at radius 1 is 1.10 bits per heavy atom. The lowest BCUT2D eigenvalue weighted by Gasteiger charge is -2.20. The quantitative estimate of drug-likeness (QED) is 0.650. The number of nitrogens with one attached hydrogen (secondary N) is 3. The summed E-state index contributed by atoms with van der Waals surface area (Å²) >= 11 is 1.63. The molecule has 0 spiro atoms. The Hall–Kier alpha value is -2.87. The molecule has 29 heavy (non-hydrogen) atoms. The highest BCUT2D eigenvalue weighted by Crippen LogP contribution is 2.23. The Balaban J connectivity index is 1.50. The van der Waals surface area contributed by atoms with E-state index in [1.165, 1.54) is 4.88 Å². The highest BCUT2D eigenvalue weighted by Gasteiger charge is 2.23. The Bertz CT molecular complexity index is 861. The standard InChI is InChI=1S/C21H26N4O3S/c1-15-6-4-8-17(19(15)20(27)25-11-2-3-12-25)23-14-18(26)24-21(28)22-10-9-16-7-5-13-29-16/h4-8,13,23H,2-3,9-12,14H2,1H3,(H2,22,24,26,28). The molecule has 2 aromatic rings. The number of benzene rings is 1. The third kappa shape index (κ3) is 5.80. The fourth-order valence-electron chi connectivity index (χ4n) is 3.32. The van der Waals surface area contributed by atoms with Crippen LogP contribution in [-0.4, -0.2) is 48.9 Å². The number of thiophene rings is 1. The maximum atomic E-state index is 12.8. The van der Waals surface area contributed by atoms with Crippen LogP contribution in [0.4, 0.5) is 10.5 Å². The molecule has 1 fully saturated rings. The van der Waals surface area contributed by atoms with Crippen LogP contribution in [0.5, 0.6) is 0 Å². The second kappa shape index (κ2) is 10.1. The number of nitrogens with zero attached hydrogens (tertiary/aromatic N) is 1. The predicted molar refractivity (Wildman–Crippen MR) is 114 cm³/mol. The summed E-state index contributed by atoms with van der Waals surface area (Å²) in [7, 11) is 0. The first-order valence-electron chi connectivity index (χ1n) is 9.77. The minimum absolute atomic E-state index is 0.0187. The second-order valence-corrected chi connectivity index (χ2v) is 8.02. The predicted octanol–water partition coefficient (Wildman–Crippen LogP) is 2.77.